The Labute approximate surface area is 96.2 Å². The van der Waals surface area contributed by atoms with Crippen molar-refractivity contribution in [2.24, 2.45) is 0 Å². The van der Waals surface area contributed by atoms with Crippen LogP contribution in [0.4, 0.5) is 8.78 Å². The van der Waals surface area contributed by atoms with Gasteiger partial charge in [-0.3, -0.25) is 0 Å². The number of H-pyrrole nitrogens is 1. The highest BCUT2D eigenvalue weighted by molar-refractivity contribution is 5.18. The fourth-order valence-electron chi connectivity index (χ4n) is 1.39. The molecule has 1 atom stereocenters. The lowest BCUT2D eigenvalue weighted by atomic mass is 10.2. The first-order chi connectivity index (χ1) is 8.18. The van der Waals surface area contributed by atoms with Gasteiger partial charge in [0.1, 0.15) is 0 Å². The predicted octanol–water partition coefficient (Wildman–Crippen LogP) is 1.33. The van der Waals surface area contributed by atoms with Gasteiger partial charge in [-0.25, -0.2) is 8.78 Å². The van der Waals surface area contributed by atoms with Crippen LogP contribution in [0.15, 0.2) is 18.2 Å². The third-order valence-corrected chi connectivity index (χ3v) is 2.38. The van der Waals surface area contributed by atoms with E-state index in [-0.39, 0.29) is 18.2 Å². The van der Waals surface area contributed by atoms with E-state index in [0.29, 0.717) is 5.82 Å². The molecule has 0 radical (unpaired) electrons. The first kappa shape index (κ1) is 11.6. The number of benzene rings is 1. The summed E-state index contributed by atoms with van der Waals surface area (Å²) in [6.45, 7) is 2.00. The van der Waals surface area contributed by atoms with E-state index in [1.54, 1.807) is 0 Å². The van der Waals surface area contributed by atoms with Crippen molar-refractivity contribution in [1.82, 2.24) is 25.9 Å². The van der Waals surface area contributed by atoms with Gasteiger partial charge in [-0.15, -0.1) is 10.2 Å². The predicted molar refractivity (Wildman–Crippen MR) is 55.8 cm³/mol. The Hall–Kier alpha value is -1.89. The Morgan fingerprint density at radius 3 is 2.94 bits per heavy atom. The summed E-state index contributed by atoms with van der Waals surface area (Å²) in [5, 5.41) is 16.3. The zero-order valence-corrected chi connectivity index (χ0v) is 9.11. The Morgan fingerprint density at radius 1 is 1.41 bits per heavy atom. The summed E-state index contributed by atoms with van der Waals surface area (Å²) >= 11 is 0. The molecular weight excluding hydrogens is 228 g/mol. The Bertz CT molecular complexity index is 485. The second kappa shape index (κ2) is 4.96. The van der Waals surface area contributed by atoms with E-state index in [1.165, 1.54) is 12.1 Å². The van der Waals surface area contributed by atoms with Crippen LogP contribution in [0.3, 0.4) is 0 Å². The van der Waals surface area contributed by atoms with Crippen LogP contribution < -0.4 is 5.32 Å². The number of nitrogens with zero attached hydrogens (tertiary/aromatic N) is 3. The summed E-state index contributed by atoms with van der Waals surface area (Å²) in [5.74, 6) is -1.21. The normalized spacial score (nSPS) is 12.6. The molecule has 1 aromatic heterocycles. The molecule has 2 N–H and O–H groups in total. The van der Waals surface area contributed by atoms with Gasteiger partial charge in [0.15, 0.2) is 17.5 Å². The molecule has 2 rings (SSSR count). The minimum atomic E-state index is -0.850. The van der Waals surface area contributed by atoms with Crippen LogP contribution in [0.2, 0.25) is 0 Å². The lowest BCUT2D eigenvalue weighted by Gasteiger charge is -2.10. The van der Waals surface area contributed by atoms with Gasteiger partial charge in [-0.05, 0) is 13.0 Å². The SMILES string of the molecule is CC(NCc1cccc(F)c1F)c1nn[nH]n1. The molecule has 7 heteroatoms. The average molecular weight is 239 g/mol. The average Bonchev–Trinajstić information content (AvgIpc) is 2.84. The molecule has 1 heterocycles. The maximum Gasteiger partial charge on any atom is 0.191 e. The maximum atomic E-state index is 13.3. The quantitative estimate of drug-likeness (QED) is 0.844. The third kappa shape index (κ3) is 2.62. The van der Waals surface area contributed by atoms with Crippen LogP contribution >= 0.6 is 0 Å². The van der Waals surface area contributed by atoms with Crippen LogP contribution in [0.1, 0.15) is 24.4 Å². The molecule has 1 aromatic carbocycles. The van der Waals surface area contributed by atoms with Gasteiger partial charge in [-0.1, -0.05) is 17.3 Å². The number of aromatic amines is 1. The second-order valence-corrected chi connectivity index (χ2v) is 3.59. The van der Waals surface area contributed by atoms with Crippen LogP contribution in [0.25, 0.3) is 0 Å². The summed E-state index contributed by atoms with van der Waals surface area (Å²) in [6.07, 6.45) is 0. The molecule has 0 spiro atoms. The number of hydrogen-bond acceptors (Lipinski definition) is 4. The number of hydrogen-bond donors (Lipinski definition) is 2. The smallest absolute Gasteiger partial charge is 0.191 e. The van der Waals surface area contributed by atoms with Gasteiger partial charge in [0, 0.05) is 12.1 Å². The lowest BCUT2D eigenvalue weighted by molar-refractivity contribution is 0.480. The molecule has 5 nitrogen and oxygen atoms in total. The zero-order chi connectivity index (χ0) is 12.3. The molecule has 17 heavy (non-hydrogen) atoms. The van der Waals surface area contributed by atoms with Crippen molar-refractivity contribution in [3.63, 3.8) is 0 Å². The van der Waals surface area contributed by atoms with Crippen molar-refractivity contribution in [3.8, 4) is 0 Å². The van der Waals surface area contributed by atoms with Gasteiger partial charge in [0.05, 0.1) is 6.04 Å². The van der Waals surface area contributed by atoms with Gasteiger partial charge in [-0.2, -0.15) is 5.21 Å². The van der Waals surface area contributed by atoms with Crippen molar-refractivity contribution >= 4 is 0 Å². The molecule has 0 saturated carbocycles. The summed E-state index contributed by atoms with van der Waals surface area (Å²) < 4.78 is 26.3. The molecule has 0 bridgehead atoms. The van der Waals surface area contributed by atoms with E-state index in [0.717, 1.165) is 6.07 Å². The molecular formula is C10H11F2N5. The number of nitrogens with one attached hydrogen (secondary N) is 2. The summed E-state index contributed by atoms with van der Waals surface area (Å²) in [4.78, 5) is 0. The third-order valence-electron chi connectivity index (χ3n) is 2.38. The van der Waals surface area contributed by atoms with Crippen LogP contribution in [0.5, 0.6) is 0 Å². The van der Waals surface area contributed by atoms with Crippen LogP contribution in [-0.2, 0) is 6.54 Å². The highest BCUT2D eigenvalue weighted by atomic mass is 19.2. The van der Waals surface area contributed by atoms with Crippen molar-refractivity contribution < 1.29 is 8.78 Å². The molecule has 0 amide bonds. The maximum absolute atomic E-state index is 13.3. The van der Waals surface area contributed by atoms with Crippen LogP contribution in [0, 0.1) is 11.6 Å². The largest absolute Gasteiger partial charge is 0.303 e. The van der Waals surface area contributed by atoms with Crippen LogP contribution in [-0.4, -0.2) is 20.6 Å². The van der Waals surface area contributed by atoms with Gasteiger partial charge in [0.25, 0.3) is 0 Å². The first-order valence-electron chi connectivity index (χ1n) is 5.08. The molecule has 0 aliphatic rings. The topological polar surface area (TPSA) is 66.5 Å². The van der Waals surface area contributed by atoms with E-state index in [2.05, 4.69) is 25.9 Å². The highest BCUT2D eigenvalue weighted by Crippen LogP contribution is 2.12. The second-order valence-electron chi connectivity index (χ2n) is 3.59. The monoisotopic (exact) mass is 239 g/mol. The van der Waals surface area contributed by atoms with E-state index >= 15 is 0 Å². The summed E-state index contributed by atoms with van der Waals surface area (Å²) in [5.41, 5.74) is 0.264. The Morgan fingerprint density at radius 2 is 2.24 bits per heavy atom. The highest BCUT2D eigenvalue weighted by Gasteiger charge is 2.12. The molecule has 2 aromatic rings. The minimum absolute atomic E-state index is 0.194. The zero-order valence-electron chi connectivity index (χ0n) is 9.11. The van der Waals surface area contributed by atoms with Crippen molar-refractivity contribution in [2.45, 2.75) is 19.5 Å². The summed E-state index contributed by atoms with van der Waals surface area (Å²) in [7, 11) is 0. The van der Waals surface area contributed by atoms with Crippen molar-refractivity contribution in [1.29, 1.82) is 0 Å². The molecule has 1 unspecified atom stereocenters. The molecule has 0 fully saturated rings. The number of aromatic nitrogens is 4. The summed E-state index contributed by atoms with van der Waals surface area (Å²) in [6, 6.07) is 3.88. The van der Waals surface area contributed by atoms with Crippen molar-refractivity contribution in [3.05, 3.63) is 41.2 Å². The van der Waals surface area contributed by atoms with E-state index in [9.17, 15) is 8.78 Å². The minimum Gasteiger partial charge on any atom is -0.303 e. The number of rotatable bonds is 4. The van der Waals surface area contributed by atoms with Gasteiger partial charge < -0.3 is 5.32 Å². The van der Waals surface area contributed by atoms with E-state index < -0.39 is 11.6 Å². The fraction of sp³-hybridized carbons (Fsp3) is 0.300. The number of tetrazole rings is 1. The Balaban J connectivity index is 2.00. The van der Waals surface area contributed by atoms with Crippen molar-refractivity contribution in [2.75, 3.05) is 0 Å². The molecule has 0 aliphatic heterocycles. The molecule has 0 saturated heterocycles. The lowest BCUT2D eigenvalue weighted by Crippen LogP contribution is -2.20. The fourth-order valence-corrected chi connectivity index (χ4v) is 1.39. The first-order valence-corrected chi connectivity index (χ1v) is 5.08. The van der Waals surface area contributed by atoms with E-state index in [4.69, 9.17) is 0 Å². The Kier molecular flexibility index (Phi) is 3.38. The van der Waals surface area contributed by atoms with E-state index in [1.807, 2.05) is 6.92 Å². The molecule has 90 valence electrons. The number of halogens is 2. The van der Waals surface area contributed by atoms with Gasteiger partial charge >= 0.3 is 0 Å². The van der Waals surface area contributed by atoms with Gasteiger partial charge in [0.2, 0.25) is 0 Å². The standard InChI is InChI=1S/C10H11F2N5/c1-6(10-14-16-17-15-10)13-5-7-3-2-4-8(11)9(7)12/h2-4,6,13H,5H2,1H3,(H,14,15,16,17). The molecule has 0 aliphatic carbocycles.